The van der Waals surface area contributed by atoms with E-state index in [0.717, 1.165) is 29.5 Å². The fourth-order valence-electron chi connectivity index (χ4n) is 4.96. The number of aromatic nitrogens is 1. The highest BCUT2D eigenvalue weighted by Crippen LogP contribution is 2.37. The molecular weight excluding hydrogens is 466 g/mol. The highest BCUT2D eigenvalue weighted by molar-refractivity contribution is 6.30. The minimum absolute atomic E-state index is 0.00475. The number of nitrogens with zero attached hydrogens (tertiary/aromatic N) is 1. The Kier molecular flexibility index (Phi) is 6.45. The molecule has 2 aliphatic rings. The van der Waals surface area contributed by atoms with Crippen LogP contribution in [0.2, 0.25) is 5.02 Å². The Balaban J connectivity index is 1.36. The molecule has 2 aromatic carbocycles. The molecule has 2 amide bonds. The zero-order valence-corrected chi connectivity index (χ0v) is 19.8. The fraction of sp³-hybridized carbons (Fsp3) is 0.296. The van der Waals surface area contributed by atoms with Crippen molar-refractivity contribution in [2.24, 2.45) is 0 Å². The van der Waals surface area contributed by atoms with Crippen LogP contribution in [-0.2, 0) is 20.7 Å². The lowest BCUT2D eigenvalue weighted by atomic mass is 9.91. The Morgan fingerprint density at radius 3 is 2.63 bits per heavy atom. The molecule has 3 atom stereocenters. The van der Waals surface area contributed by atoms with E-state index in [2.05, 4.69) is 10.6 Å². The van der Waals surface area contributed by atoms with Crippen LogP contribution >= 0.6 is 11.6 Å². The number of rotatable bonds is 6. The number of fused-ring (bicyclic) bond motifs is 1. The number of benzene rings is 2. The maximum absolute atomic E-state index is 13.5. The number of halogens is 1. The van der Waals surface area contributed by atoms with Crippen molar-refractivity contribution in [3.8, 4) is 11.1 Å². The van der Waals surface area contributed by atoms with Crippen molar-refractivity contribution in [1.29, 1.82) is 0 Å². The zero-order valence-electron chi connectivity index (χ0n) is 19.1. The SMILES string of the molecule is O=C(NC12CCCC1OCC2=O)C(Cc1ccc(Cl)cc1)NC(=O)n1ccc(-c2ccccc2)c1. The quantitative estimate of drug-likeness (QED) is 0.545. The molecule has 3 unspecified atom stereocenters. The first-order valence-corrected chi connectivity index (χ1v) is 12.1. The predicted molar refractivity (Wildman–Crippen MR) is 132 cm³/mol. The third kappa shape index (κ3) is 4.74. The van der Waals surface area contributed by atoms with Gasteiger partial charge in [-0.2, -0.15) is 0 Å². The summed E-state index contributed by atoms with van der Waals surface area (Å²) in [5.74, 6) is -0.516. The maximum Gasteiger partial charge on any atom is 0.326 e. The van der Waals surface area contributed by atoms with Gasteiger partial charge in [0.1, 0.15) is 18.2 Å². The van der Waals surface area contributed by atoms with E-state index in [0.29, 0.717) is 11.4 Å². The molecule has 2 N–H and O–H groups in total. The van der Waals surface area contributed by atoms with Crippen LogP contribution in [0, 0.1) is 0 Å². The molecule has 35 heavy (non-hydrogen) atoms. The molecule has 2 heterocycles. The molecule has 3 aromatic rings. The van der Waals surface area contributed by atoms with Crippen molar-refractivity contribution in [3.63, 3.8) is 0 Å². The van der Waals surface area contributed by atoms with Crippen LogP contribution < -0.4 is 10.6 Å². The maximum atomic E-state index is 13.5. The normalized spacial score (nSPS) is 22.0. The number of Topliss-reactive ketones (excluding diaryl/α,β-unsaturated/α-hetero) is 1. The van der Waals surface area contributed by atoms with Crippen molar-refractivity contribution in [3.05, 3.63) is 83.6 Å². The molecule has 180 valence electrons. The summed E-state index contributed by atoms with van der Waals surface area (Å²) >= 11 is 6.01. The Bertz CT molecular complexity index is 1240. The Morgan fingerprint density at radius 2 is 1.86 bits per heavy atom. The fourth-order valence-corrected chi connectivity index (χ4v) is 5.08. The molecule has 1 aliphatic carbocycles. The monoisotopic (exact) mass is 491 g/mol. The minimum Gasteiger partial charge on any atom is -0.367 e. The Morgan fingerprint density at radius 1 is 1.09 bits per heavy atom. The molecule has 1 saturated carbocycles. The van der Waals surface area contributed by atoms with Gasteiger partial charge in [0, 0.05) is 23.8 Å². The Hall–Kier alpha value is -3.42. The summed E-state index contributed by atoms with van der Waals surface area (Å²) < 4.78 is 7.05. The van der Waals surface area contributed by atoms with Crippen molar-refractivity contribution in [1.82, 2.24) is 15.2 Å². The number of hydrogen-bond donors (Lipinski definition) is 2. The van der Waals surface area contributed by atoms with Gasteiger partial charge < -0.3 is 15.4 Å². The number of ether oxygens (including phenoxy) is 1. The molecule has 2 fully saturated rings. The van der Waals surface area contributed by atoms with Gasteiger partial charge >= 0.3 is 6.03 Å². The number of carbonyl (C=O) groups is 3. The van der Waals surface area contributed by atoms with E-state index in [1.807, 2.05) is 48.5 Å². The van der Waals surface area contributed by atoms with E-state index in [-0.39, 0.29) is 24.9 Å². The first kappa shape index (κ1) is 23.3. The summed E-state index contributed by atoms with van der Waals surface area (Å²) in [4.78, 5) is 39.3. The lowest BCUT2D eigenvalue weighted by molar-refractivity contribution is -0.130. The zero-order chi connectivity index (χ0) is 24.4. The highest BCUT2D eigenvalue weighted by Gasteiger charge is 2.55. The van der Waals surface area contributed by atoms with Crippen LogP contribution in [0.4, 0.5) is 4.79 Å². The lowest BCUT2D eigenvalue weighted by Gasteiger charge is -2.30. The van der Waals surface area contributed by atoms with E-state index < -0.39 is 23.5 Å². The average Bonchev–Trinajstić information content (AvgIpc) is 3.58. The summed E-state index contributed by atoms with van der Waals surface area (Å²) in [7, 11) is 0. The van der Waals surface area contributed by atoms with Crippen molar-refractivity contribution >= 4 is 29.3 Å². The summed E-state index contributed by atoms with van der Waals surface area (Å²) in [5, 5.41) is 6.40. The van der Waals surface area contributed by atoms with Crippen molar-refractivity contribution in [2.75, 3.05) is 6.61 Å². The smallest absolute Gasteiger partial charge is 0.326 e. The van der Waals surface area contributed by atoms with E-state index in [9.17, 15) is 14.4 Å². The van der Waals surface area contributed by atoms with Crippen LogP contribution in [0.25, 0.3) is 11.1 Å². The second kappa shape index (κ2) is 9.68. The van der Waals surface area contributed by atoms with Gasteiger partial charge in [0.25, 0.3) is 0 Å². The van der Waals surface area contributed by atoms with Gasteiger partial charge in [-0.25, -0.2) is 4.79 Å². The van der Waals surface area contributed by atoms with Crippen molar-refractivity contribution in [2.45, 2.75) is 43.4 Å². The van der Waals surface area contributed by atoms with Gasteiger partial charge in [0.15, 0.2) is 5.78 Å². The summed E-state index contributed by atoms with van der Waals surface area (Å²) in [6, 6.07) is 17.4. The topological polar surface area (TPSA) is 89.4 Å². The summed E-state index contributed by atoms with van der Waals surface area (Å²) in [6.45, 7) is 0.00475. The minimum atomic E-state index is -1.01. The van der Waals surface area contributed by atoms with Gasteiger partial charge in [-0.15, -0.1) is 0 Å². The molecule has 0 radical (unpaired) electrons. The van der Waals surface area contributed by atoms with E-state index in [1.165, 1.54) is 4.57 Å². The number of carbonyl (C=O) groups excluding carboxylic acids is 3. The van der Waals surface area contributed by atoms with Gasteiger partial charge in [0.05, 0.1) is 6.10 Å². The van der Waals surface area contributed by atoms with Crippen LogP contribution in [0.3, 0.4) is 0 Å². The molecule has 1 saturated heterocycles. The molecule has 1 aromatic heterocycles. The molecule has 7 nitrogen and oxygen atoms in total. The molecule has 8 heteroatoms. The largest absolute Gasteiger partial charge is 0.367 e. The van der Waals surface area contributed by atoms with Crippen LogP contribution in [0.15, 0.2) is 73.1 Å². The second-order valence-electron chi connectivity index (χ2n) is 9.08. The van der Waals surface area contributed by atoms with Crippen LogP contribution in [-0.4, -0.2) is 46.6 Å². The predicted octanol–water partition coefficient (Wildman–Crippen LogP) is 3.98. The van der Waals surface area contributed by atoms with Gasteiger partial charge in [0.2, 0.25) is 5.91 Å². The lowest BCUT2D eigenvalue weighted by Crippen LogP contribution is -2.61. The molecular formula is C27H26ClN3O4. The first-order chi connectivity index (χ1) is 16.9. The van der Waals surface area contributed by atoms with Crippen molar-refractivity contribution < 1.29 is 19.1 Å². The van der Waals surface area contributed by atoms with E-state index in [4.69, 9.17) is 16.3 Å². The van der Waals surface area contributed by atoms with Crippen LogP contribution in [0.5, 0.6) is 0 Å². The van der Waals surface area contributed by atoms with E-state index in [1.54, 1.807) is 24.5 Å². The number of hydrogen-bond acceptors (Lipinski definition) is 4. The van der Waals surface area contributed by atoms with Gasteiger partial charge in [-0.1, -0.05) is 54.1 Å². The third-order valence-electron chi connectivity index (χ3n) is 6.85. The standard InChI is InChI=1S/C27H26ClN3O4/c28-21-10-8-18(9-11-21)15-22(25(33)30-27-13-4-7-24(27)35-17-23(27)32)29-26(34)31-14-12-20(16-31)19-5-2-1-3-6-19/h1-3,5-6,8-12,14,16,22,24H,4,7,13,15,17H2,(H,29,34)(H,30,33). The molecule has 1 aliphatic heterocycles. The average molecular weight is 492 g/mol. The van der Waals surface area contributed by atoms with Gasteiger partial charge in [-0.05, 0) is 54.2 Å². The number of ketones is 1. The molecule has 0 bridgehead atoms. The Labute approximate surface area is 208 Å². The second-order valence-corrected chi connectivity index (χ2v) is 9.52. The molecule has 0 spiro atoms. The number of amides is 2. The van der Waals surface area contributed by atoms with Crippen LogP contribution in [0.1, 0.15) is 24.8 Å². The molecule has 5 rings (SSSR count). The van der Waals surface area contributed by atoms with E-state index >= 15 is 0 Å². The summed E-state index contributed by atoms with van der Waals surface area (Å²) in [6.07, 6.45) is 5.39. The number of nitrogens with one attached hydrogen (secondary N) is 2. The third-order valence-corrected chi connectivity index (χ3v) is 7.10. The van der Waals surface area contributed by atoms with Gasteiger partial charge in [-0.3, -0.25) is 14.2 Å². The highest BCUT2D eigenvalue weighted by atomic mass is 35.5. The first-order valence-electron chi connectivity index (χ1n) is 11.7. The summed E-state index contributed by atoms with van der Waals surface area (Å²) in [5.41, 5.74) is 1.71.